The number of hydrogen-bond acceptors (Lipinski definition) is 2. The van der Waals surface area contributed by atoms with E-state index in [2.05, 4.69) is 10.4 Å². The summed E-state index contributed by atoms with van der Waals surface area (Å²) in [5.74, 6) is 0. The first-order valence-corrected chi connectivity index (χ1v) is 4.90. The maximum atomic E-state index is 12.3. The fourth-order valence-electron chi connectivity index (χ4n) is 1.75. The molecule has 3 nitrogen and oxygen atoms in total. The van der Waals surface area contributed by atoms with Gasteiger partial charge in [-0.25, -0.2) is 0 Å². The van der Waals surface area contributed by atoms with Gasteiger partial charge in [-0.15, -0.1) is 0 Å². The summed E-state index contributed by atoms with van der Waals surface area (Å²) in [4.78, 5) is 0. The van der Waals surface area contributed by atoms with Gasteiger partial charge in [-0.2, -0.15) is 18.3 Å². The molecule has 0 aromatic carbocycles. The van der Waals surface area contributed by atoms with Gasteiger partial charge in [0.25, 0.3) is 0 Å². The van der Waals surface area contributed by atoms with E-state index in [4.69, 9.17) is 0 Å². The average molecular weight is 219 g/mol. The molecule has 1 aliphatic rings. The lowest BCUT2D eigenvalue weighted by molar-refractivity contribution is -0.141. The van der Waals surface area contributed by atoms with Gasteiger partial charge in [-0.1, -0.05) is 0 Å². The number of aromatic nitrogens is 2. The van der Waals surface area contributed by atoms with Crippen molar-refractivity contribution in [3.8, 4) is 0 Å². The van der Waals surface area contributed by atoms with Crippen LogP contribution in [0.5, 0.6) is 0 Å². The van der Waals surface area contributed by atoms with Crippen LogP contribution in [0.15, 0.2) is 12.3 Å². The number of hydrogen-bond donors (Lipinski definition) is 1. The molecule has 2 rings (SSSR count). The second-order valence-corrected chi connectivity index (χ2v) is 3.68. The van der Waals surface area contributed by atoms with Crippen LogP contribution in [0, 0.1) is 0 Å². The van der Waals surface area contributed by atoms with Crippen LogP contribution in [0.2, 0.25) is 0 Å². The van der Waals surface area contributed by atoms with E-state index in [0.29, 0.717) is 6.54 Å². The maximum absolute atomic E-state index is 12.3. The van der Waals surface area contributed by atoms with Crippen LogP contribution in [0.4, 0.5) is 13.2 Å². The molecule has 0 aliphatic carbocycles. The Morgan fingerprint density at radius 3 is 2.80 bits per heavy atom. The molecule has 1 aliphatic heterocycles. The third-order valence-electron chi connectivity index (χ3n) is 2.54. The predicted octanol–water partition coefficient (Wildman–Crippen LogP) is 1.83. The van der Waals surface area contributed by atoms with Crippen molar-refractivity contribution in [1.29, 1.82) is 0 Å². The number of halogens is 3. The van der Waals surface area contributed by atoms with Crippen LogP contribution in [0.25, 0.3) is 0 Å². The molecule has 0 spiro atoms. The molecule has 1 aromatic rings. The Hall–Kier alpha value is -1.04. The molecule has 1 saturated heterocycles. The smallest absolute Gasteiger partial charge is 0.315 e. The van der Waals surface area contributed by atoms with Gasteiger partial charge < -0.3 is 5.32 Å². The van der Waals surface area contributed by atoms with Gasteiger partial charge in [-0.05, 0) is 25.5 Å². The topological polar surface area (TPSA) is 29.9 Å². The highest BCUT2D eigenvalue weighted by molar-refractivity contribution is 5.04. The largest absolute Gasteiger partial charge is 0.435 e. The van der Waals surface area contributed by atoms with E-state index in [1.54, 1.807) is 0 Å². The molecule has 0 unspecified atom stereocenters. The third-order valence-corrected chi connectivity index (χ3v) is 2.54. The molecule has 1 fully saturated rings. The Balaban J connectivity index is 2.12. The molecule has 84 valence electrons. The van der Waals surface area contributed by atoms with E-state index in [1.165, 1.54) is 10.9 Å². The Morgan fingerprint density at radius 2 is 2.27 bits per heavy atom. The second kappa shape index (κ2) is 3.84. The zero-order valence-electron chi connectivity index (χ0n) is 8.09. The Morgan fingerprint density at radius 1 is 1.47 bits per heavy atom. The number of piperidine rings is 1. The van der Waals surface area contributed by atoms with Crippen LogP contribution in [0.3, 0.4) is 0 Å². The Bertz CT molecular complexity index is 326. The van der Waals surface area contributed by atoms with E-state index >= 15 is 0 Å². The minimum atomic E-state index is -4.34. The van der Waals surface area contributed by atoms with Gasteiger partial charge in [0.2, 0.25) is 0 Å². The van der Waals surface area contributed by atoms with Crippen molar-refractivity contribution in [1.82, 2.24) is 15.1 Å². The highest BCUT2D eigenvalue weighted by atomic mass is 19.4. The van der Waals surface area contributed by atoms with Crippen molar-refractivity contribution < 1.29 is 13.2 Å². The van der Waals surface area contributed by atoms with E-state index in [-0.39, 0.29) is 6.04 Å². The van der Waals surface area contributed by atoms with Crippen LogP contribution in [-0.4, -0.2) is 22.9 Å². The van der Waals surface area contributed by atoms with Gasteiger partial charge in [0.05, 0.1) is 6.04 Å². The number of rotatable bonds is 1. The standard InChI is InChI=1S/C9H12F3N3/c10-9(11,12)8-3-5-15(14-8)7-2-1-4-13-6-7/h3,5,7,13H,1-2,4,6H2/t7-/m0/s1. The van der Waals surface area contributed by atoms with Gasteiger partial charge in [-0.3, -0.25) is 4.68 Å². The monoisotopic (exact) mass is 219 g/mol. The summed E-state index contributed by atoms with van der Waals surface area (Å²) in [7, 11) is 0. The van der Waals surface area contributed by atoms with E-state index in [9.17, 15) is 13.2 Å². The SMILES string of the molecule is FC(F)(F)c1ccn([C@H]2CCCNC2)n1. The van der Waals surface area contributed by atoms with Gasteiger partial charge in [0.1, 0.15) is 0 Å². The summed E-state index contributed by atoms with van der Waals surface area (Å²) in [6.45, 7) is 1.63. The summed E-state index contributed by atoms with van der Waals surface area (Å²) < 4.78 is 38.2. The van der Waals surface area contributed by atoms with Gasteiger partial charge in [0, 0.05) is 12.7 Å². The fourth-order valence-corrected chi connectivity index (χ4v) is 1.75. The maximum Gasteiger partial charge on any atom is 0.435 e. The molecule has 1 N–H and O–H groups in total. The van der Waals surface area contributed by atoms with Crippen molar-refractivity contribution in [2.24, 2.45) is 0 Å². The normalized spacial score (nSPS) is 23.0. The van der Waals surface area contributed by atoms with Gasteiger partial charge >= 0.3 is 6.18 Å². The lowest BCUT2D eigenvalue weighted by Gasteiger charge is -2.22. The summed E-state index contributed by atoms with van der Waals surface area (Å²) in [6.07, 6.45) is -1.08. The Labute approximate surface area is 85.3 Å². The van der Waals surface area contributed by atoms with Crippen LogP contribution in [-0.2, 0) is 6.18 Å². The van der Waals surface area contributed by atoms with Crippen molar-refractivity contribution in [2.45, 2.75) is 25.1 Å². The lowest BCUT2D eigenvalue weighted by Crippen LogP contribution is -2.32. The van der Waals surface area contributed by atoms with Crippen LogP contribution in [0.1, 0.15) is 24.6 Å². The first-order valence-electron chi connectivity index (χ1n) is 4.90. The highest BCUT2D eigenvalue weighted by Crippen LogP contribution is 2.28. The third kappa shape index (κ3) is 2.31. The van der Waals surface area contributed by atoms with Crippen molar-refractivity contribution in [2.75, 3.05) is 13.1 Å². The molecule has 0 saturated carbocycles. The second-order valence-electron chi connectivity index (χ2n) is 3.68. The fraction of sp³-hybridized carbons (Fsp3) is 0.667. The quantitative estimate of drug-likeness (QED) is 0.780. The molecule has 0 bridgehead atoms. The first kappa shape index (κ1) is 10.5. The summed E-state index contributed by atoms with van der Waals surface area (Å²) in [5.41, 5.74) is -0.812. The Kier molecular flexibility index (Phi) is 2.68. The molecule has 1 aromatic heterocycles. The van der Waals surface area contributed by atoms with Crippen molar-refractivity contribution >= 4 is 0 Å². The summed E-state index contributed by atoms with van der Waals surface area (Å²) in [5, 5.41) is 6.70. The van der Waals surface area contributed by atoms with Crippen molar-refractivity contribution in [3.05, 3.63) is 18.0 Å². The zero-order valence-corrected chi connectivity index (χ0v) is 8.09. The minimum absolute atomic E-state index is 0.0508. The molecular weight excluding hydrogens is 207 g/mol. The minimum Gasteiger partial charge on any atom is -0.315 e. The van der Waals surface area contributed by atoms with Gasteiger partial charge in [0.15, 0.2) is 5.69 Å². The molecule has 1 atom stereocenters. The van der Waals surface area contributed by atoms with Crippen LogP contribution < -0.4 is 5.32 Å². The molecule has 2 heterocycles. The average Bonchev–Trinajstić information content (AvgIpc) is 2.67. The molecule has 6 heteroatoms. The van der Waals surface area contributed by atoms with Crippen molar-refractivity contribution in [3.63, 3.8) is 0 Å². The van der Waals surface area contributed by atoms with Crippen LogP contribution >= 0.6 is 0 Å². The van der Waals surface area contributed by atoms with E-state index in [1.807, 2.05) is 0 Å². The molecule has 15 heavy (non-hydrogen) atoms. The highest BCUT2D eigenvalue weighted by Gasteiger charge is 2.34. The number of nitrogens with one attached hydrogen (secondary N) is 1. The number of alkyl halides is 3. The first-order chi connectivity index (χ1) is 7.07. The predicted molar refractivity (Wildman–Crippen MR) is 48.4 cm³/mol. The van der Waals surface area contributed by atoms with E-state index < -0.39 is 11.9 Å². The summed E-state index contributed by atoms with van der Waals surface area (Å²) in [6, 6.07) is 1.07. The molecule has 0 amide bonds. The summed E-state index contributed by atoms with van der Waals surface area (Å²) >= 11 is 0. The molecule has 0 radical (unpaired) electrons. The molecular formula is C9H12F3N3. The number of nitrogens with zero attached hydrogens (tertiary/aromatic N) is 2. The lowest BCUT2D eigenvalue weighted by atomic mass is 10.1. The van der Waals surface area contributed by atoms with E-state index in [0.717, 1.165) is 25.5 Å². The zero-order chi connectivity index (χ0) is 10.9.